The third-order valence-corrected chi connectivity index (χ3v) is 3.72. The Bertz CT molecular complexity index is 292. The first-order valence-corrected chi connectivity index (χ1v) is 6.65. The van der Waals surface area contributed by atoms with Gasteiger partial charge in [-0.05, 0) is 36.5 Å². The first kappa shape index (κ1) is 11.5. The second kappa shape index (κ2) is 5.93. The highest BCUT2D eigenvalue weighted by molar-refractivity contribution is 5.28. The van der Waals surface area contributed by atoms with Gasteiger partial charge in [-0.1, -0.05) is 50.7 Å². The Balaban J connectivity index is 2.01. The van der Waals surface area contributed by atoms with E-state index in [1.165, 1.54) is 56.9 Å². The van der Waals surface area contributed by atoms with Gasteiger partial charge in [-0.2, -0.15) is 0 Å². The third-order valence-electron chi connectivity index (χ3n) is 3.72. The first-order chi connectivity index (χ1) is 7.86. The Kier molecular flexibility index (Phi) is 4.26. The molecule has 0 amide bonds. The lowest BCUT2D eigenvalue weighted by atomic mass is 9.89. The summed E-state index contributed by atoms with van der Waals surface area (Å²) in [7, 11) is 0. The average molecular weight is 218 g/mol. The summed E-state index contributed by atoms with van der Waals surface area (Å²) < 4.78 is 0. The van der Waals surface area contributed by atoms with E-state index in [2.05, 4.69) is 12.1 Å². The first-order valence-electron chi connectivity index (χ1n) is 6.65. The molecule has 0 aromatic heterocycles. The molecule has 1 aliphatic rings. The van der Waals surface area contributed by atoms with Gasteiger partial charge in [0.15, 0.2) is 0 Å². The molecule has 1 fully saturated rings. The second-order valence-corrected chi connectivity index (χ2v) is 4.99. The quantitative estimate of drug-likeness (QED) is 0.729. The summed E-state index contributed by atoms with van der Waals surface area (Å²) in [4.78, 5) is 0. The minimum absolute atomic E-state index is 0.381. The van der Waals surface area contributed by atoms with Crippen LogP contribution >= 0.6 is 0 Å². The standard InChI is InChI=1S/C15H22O/c16-15-11-9-14(10-12-15)13-7-5-3-1-2-4-6-8-13/h9-13,16H,1-8H2. The molecular weight excluding hydrogens is 196 g/mol. The minimum atomic E-state index is 0.381. The molecule has 1 aromatic rings. The van der Waals surface area contributed by atoms with Crippen molar-refractivity contribution >= 4 is 0 Å². The fraction of sp³-hybridized carbons (Fsp3) is 0.600. The van der Waals surface area contributed by atoms with Crippen molar-refractivity contribution < 1.29 is 5.11 Å². The van der Waals surface area contributed by atoms with Crippen LogP contribution in [0.5, 0.6) is 5.75 Å². The van der Waals surface area contributed by atoms with Gasteiger partial charge in [0.2, 0.25) is 0 Å². The van der Waals surface area contributed by atoms with Gasteiger partial charge in [0, 0.05) is 0 Å². The molecule has 1 N–H and O–H groups in total. The van der Waals surface area contributed by atoms with E-state index in [1.807, 2.05) is 12.1 Å². The minimum Gasteiger partial charge on any atom is -0.508 e. The molecule has 0 aliphatic heterocycles. The van der Waals surface area contributed by atoms with Crippen molar-refractivity contribution in [2.75, 3.05) is 0 Å². The van der Waals surface area contributed by atoms with Crippen LogP contribution < -0.4 is 0 Å². The zero-order chi connectivity index (χ0) is 11.2. The topological polar surface area (TPSA) is 20.2 Å². The Labute approximate surface area is 98.5 Å². The second-order valence-electron chi connectivity index (χ2n) is 4.99. The molecule has 1 saturated carbocycles. The van der Waals surface area contributed by atoms with Crippen molar-refractivity contribution in [3.05, 3.63) is 29.8 Å². The molecule has 2 rings (SSSR count). The van der Waals surface area contributed by atoms with Gasteiger partial charge in [-0.15, -0.1) is 0 Å². The smallest absolute Gasteiger partial charge is 0.115 e. The Morgan fingerprint density at radius 3 is 1.81 bits per heavy atom. The zero-order valence-corrected chi connectivity index (χ0v) is 9.99. The van der Waals surface area contributed by atoms with Crippen LogP contribution in [0.25, 0.3) is 0 Å². The Morgan fingerprint density at radius 2 is 1.25 bits per heavy atom. The van der Waals surface area contributed by atoms with Gasteiger partial charge >= 0.3 is 0 Å². The van der Waals surface area contributed by atoms with Crippen LogP contribution in [-0.4, -0.2) is 5.11 Å². The maximum Gasteiger partial charge on any atom is 0.115 e. The van der Waals surface area contributed by atoms with Crippen LogP contribution in [0.2, 0.25) is 0 Å². The Hall–Kier alpha value is -0.980. The van der Waals surface area contributed by atoms with Crippen LogP contribution in [-0.2, 0) is 0 Å². The molecule has 0 heterocycles. The molecule has 1 heteroatoms. The van der Waals surface area contributed by atoms with Crippen molar-refractivity contribution in [2.24, 2.45) is 0 Å². The third kappa shape index (κ3) is 3.26. The van der Waals surface area contributed by atoms with Crippen molar-refractivity contribution in [3.8, 4) is 5.75 Å². The number of hydrogen-bond donors (Lipinski definition) is 1. The molecule has 1 aromatic carbocycles. The van der Waals surface area contributed by atoms with Crippen LogP contribution in [0, 0.1) is 0 Å². The van der Waals surface area contributed by atoms with Crippen LogP contribution in [0.4, 0.5) is 0 Å². The van der Waals surface area contributed by atoms with E-state index in [-0.39, 0.29) is 0 Å². The molecule has 0 atom stereocenters. The number of phenolic OH excluding ortho intramolecular Hbond substituents is 1. The summed E-state index contributed by atoms with van der Waals surface area (Å²) in [5.41, 5.74) is 1.42. The Morgan fingerprint density at radius 1 is 0.750 bits per heavy atom. The number of benzene rings is 1. The van der Waals surface area contributed by atoms with Crippen LogP contribution in [0.1, 0.15) is 62.8 Å². The summed E-state index contributed by atoms with van der Waals surface area (Å²) in [6.07, 6.45) is 11.0. The number of aromatic hydroxyl groups is 1. The van der Waals surface area contributed by atoms with E-state index in [4.69, 9.17) is 0 Å². The highest BCUT2D eigenvalue weighted by Gasteiger charge is 2.12. The molecule has 16 heavy (non-hydrogen) atoms. The van der Waals surface area contributed by atoms with Crippen molar-refractivity contribution in [3.63, 3.8) is 0 Å². The largest absolute Gasteiger partial charge is 0.508 e. The van der Waals surface area contributed by atoms with Crippen molar-refractivity contribution in [2.45, 2.75) is 57.3 Å². The maximum atomic E-state index is 9.30. The number of rotatable bonds is 1. The predicted molar refractivity (Wildman–Crippen MR) is 67.8 cm³/mol. The fourth-order valence-corrected chi connectivity index (χ4v) is 2.71. The summed E-state index contributed by atoms with van der Waals surface area (Å²) in [5, 5.41) is 9.30. The predicted octanol–water partition coefficient (Wildman–Crippen LogP) is 4.61. The maximum absolute atomic E-state index is 9.30. The fourth-order valence-electron chi connectivity index (χ4n) is 2.71. The molecule has 0 saturated heterocycles. The van der Waals surface area contributed by atoms with Gasteiger partial charge in [-0.25, -0.2) is 0 Å². The van der Waals surface area contributed by atoms with E-state index < -0.39 is 0 Å². The van der Waals surface area contributed by atoms with Gasteiger partial charge in [0.05, 0.1) is 0 Å². The van der Waals surface area contributed by atoms with E-state index in [0.29, 0.717) is 5.75 Å². The van der Waals surface area contributed by atoms with Crippen LogP contribution in [0.15, 0.2) is 24.3 Å². The van der Waals surface area contributed by atoms with Crippen molar-refractivity contribution in [1.82, 2.24) is 0 Å². The highest BCUT2D eigenvalue weighted by Crippen LogP contribution is 2.30. The molecule has 0 radical (unpaired) electrons. The monoisotopic (exact) mass is 218 g/mol. The van der Waals surface area contributed by atoms with Gasteiger partial charge in [0.25, 0.3) is 0 Å². The van der Waals surface area contributed by atoms with Crippen molar-refractivity contribution in [1.29, 1.82) is 0 Å². The highest BCUT2D eigenvalue weighted by atomic mass is 16.3. The van der Waals surface area contributed by atoms with E-state index >= 15 is 0 Å². The summed E-state index contributed by atoms with van der Waals surface area (Å²) in [5.74, 6) is 1.10. The molecule has 1 aliphatic carbocycles. The molecule has 1 nitrogen and oxygen atoms in total. The normalized spacial score (nSPS) is 19.8. The van der Waals surface area contributed by atoms with Crippen LogP contribution in [0.3, 0.4) is 0 Å². The van der Waals surface area contributed by atoms with E-state index in [1.54, 1.807) is 0 Å². The summed E-state index contributed by atoms with van der Waals surface area (Å²) >= 11 is 0. The lowest BCUT2D eigenvalue weighted by molar-refractivity contribution is 0.474. The van der Waals surface area contributed by atoms with Gasteiger partial charge in [-0.3, -0.25) is 0 Å². The van der Waals surface area contributed by atoms with Gasteiger partial charge < -0.3 is 5.11 Å². The molecule has 0 unspecified atom stereocenters. The zero-order valence-electron chi connectivity index (χ0n) is 9.99. The van der Waals surface area contributed by atoms with E-state index in [9.17, 15) is 5.11 Å². The lowest BCUT2D eigenvalue weighted by Crippen LogP contribution is -1.98. The molecule has 88 valence electrons. The number of hydrogen-bond acceptors (Lipinski definition) is 1. The lowest BCUT2D eigenvalue weighted by Gasteiger charge is -2.16. The summed E-state index contributed by atoms with van der Waals surface area (Å²) in [6.45, 7) is 0. The molecule has 0 bridgehead atoms. The molecule has 0 spiro atoms. The average Bonchev–Trinajstić information content (AvgIpc) is 2.43. The SMILES string of the molecule is Oc1ccc(C2CCCCCCCC2)cc1. The number of phenols is 1. The van der Waals surface area contributed by atoms with E-state index in [0.717, 1.165) is 5.92 Å². The summed E-state index contributed by atoms with van der Waals surface area (Å²) in [6, 6.07) is 7.83. The molecular formula is C15H22O. The van der Waals surface area contributed by atoms with Gasteiger partial charge in [0.1, 0.15) is 5.75 Å².